The third-order valence-corrected chi connectivity index (χ3v) is 3.34. The molecular formula is C11H14O3. The van der Waals surface area contributed by atoms with Crippen molar-refractivity contribution in [3.05, 3.63) is 12.2 Å². The van der Waals surface area contributed by atoms with Crippen LogP contribution in [0, 0.1) is 0 Å². The average Bonchev–Trinajstić information content (AvgIpc) is 2.68. The van der Waals surface area contributed by atoms with E-state index in [1.54, 1.807) is 6.08 Å². The molecule has 1 aliphatic heterocycles. The first kappa shape index (κ1) is 8.62. The van der Waals surface area contributed by atoms with E-state index in [9.17, 15) is 4.79 Å². The summed E-state index contributed by atoms with van der Waals surface area (Å²) in [5.41, 5.74) is 0. The van der Waals surface area contributed by atoms with Gasteiger partial charge in [-0.25, -0.2) is 0 Å². The summed E-state index contributed by atoms with van der Waals surface area (Å²) in [7, 11) is 0. The number of ether oxygens (including phenoxy) is 2. The van der Waals surface area contributed by atoms with Crippen molar-refractivity contribution in [2.24, 2.45) is 0 Å². The molecule has 1 saturated carbocycles. The van der Waals surface area contributed by atoms with Gasteiger partial charge in [-0.15, -0.1) is 0 Å². The van der Waals surface area contributed by atoms with Crippen LogP contribution in [-0.4, -0.2) is 23.8 Å². The lowest BCUT2D eigenvalue weighted by molar-refractivity contribution is -0.192. The van der Waals surface area contributed by atoms with Crippen LogP contribution in [0.3, 0.4) is 0 Å². The van der Waals surface area contributed by atoms with Gasteiger partial charge in [0.2, 0.25) is 0 Å². The van der Waals surface area contributed by atoms with Crippen LogP contribution >= 0.6 is 0 Å². The molecule has 3 heteroatoms. The summed E-state index contributed by atoms with van der Waals surface area (Å²) >= 11 is 0. The SMILES string of the molecule is O=C1C=C[C@@H]2OC3(CCCCC3)O[C@H]12. The molecule has 14 heavy (non-hydrogen) atoms. The van der Waals surface area contributed by atoms with E-state index in [4.69, 9.17) is 9.47 Å². The van der Waals surface area contributed by atoms with Gasteiger partial charge in [-0.2, -0.15) is 0 Å². The van der Waals surface area contributed by atoms with Gasteiger partial charge in [-0.05, 0) is 25.0 Å². The van der Waals surface area contributed by atoms with Crippen LogP contribution in [0.2, 0.25) is 0 Å². The number of carbonyl (C=O) groups excluding carboxylic acids is 1. The van der Waals surface area contributed by atoms with Crippen molar-refractivity contribution in [3.8, 4) is 0 Å². The van der Waals surface area contributed by atoms with Crippen molar-refractivity contribution in [2.75, 3.05) is 0 Å². The number of carbonyl (C=O) groups is 1. The van der Waals surface area contributed by atoms with Crippen LogP contribution in [0.15, 0.2) is 12.2 Å². The van der Waals surface area contributed by atoms with E-state index in [-0.39, 0.29) is 18.0 Å². The Balaban J connectivity index is 1.80. The van der Waals surface area contributed by atoms with Gasteiger partial charge in [0.1, 0.15) is 6.10 Å². The van der Waals surface area contributed by atoms with Crippen LogP contribution in [0.4, 0.5) is 0 Å². The van der Waals surface area contributed by atoms with Gasteiger partial charge in [0.15, 0.2) is 17.7 Å². The first-order valence-electron chi connectivity index (χ1n) is 5.37. The van der Waals surface area contributed by atoms with E-state index in [1.807, 2.05) is 6.08 Å². The third kappa shape index (κ3) is 1.16. The zero-order chi connectivity index (χ0) is 9.60. The lowest BCUT2D eigenvalue weighted by Gasteiger charge is -2.31. The summed E-state index contributed by atoms with van der Waals surface area (Å²) < 4.78 is 11.6. The van der Waals surface area contributed by atoms with Crippen molar-refractivity contribution in [3.63, 3.8) is 0 Å². The van der Waals surface area contributed by atoms with Gasteiger partial charge < -0.3 is 9.47 Å². The van der Waals surface area contributed by atoms with E-state index in [1.165, 1.54) is 6.42 Å². The molecule has 2 atom stereocenters. The van der Waals surface area contributed by atoms with Gasteiger partial charge in [-0.3, -0.25) is 4.79 Å². The van der Waals surface area contributed by atoms with Crippen LogP contribution in [0.5, 0.6) is 0 Å². The Labute approximate surface area is 83.1 Å². The number of hydrogen-bond donors (Lipinski definition) is 0. The maximum atomic E-state index is 11.4. The van der Waals surface area contributed by atoms with Crippen LogP contribution in [0.1, 0.15) is 32.1 Å². The number of fused-ring (bicyclic) bond motifs is 1. The predicted octanol–water partition coefficient (Wildman–Crippen LogP) is 1.57. The minimum atomic E-state index is -0.423. The molecule has 3 rings (SSSR count). The topological polar surface area (TPSA) is 35.5 Å². The molecule has 0 aromatic rings. The van der Waals surface area contributed by atoms with E-state index in [0.717, 1.165) is 25.7 Å². The van der Waals surface area contributed by atoms with E-state index in [2.05, 4.69) is 0 Å². The molecular weight excluding hydrogens is 180 g/mol. The Kier molecular flexibility index (Phi) is 1.79. The molecule has 1 heterocycles. The number of ketones is 1. The summed E-state index contributed by atoms with van der Waals surface area (Å²) in [6, 6.07) is 0. The van der Waals surface area contributed by atoms with Crippen molar-refractivity contribution in [1.82, 2.24) is 0 Å². The Bertz CT molecular complexity index is 289. The fourth-order valence-electron chi connectivity index (χ4n) is 2.61. The minimum absolute atomic E-state index is 0.0671. The van der Waals surface area contributed by atoms with E-state index < -0.39 is 5.79 Å². The van der Waals surface area contributed by atoms with Crippen LogP contribution in [-0.2, 0) is 14.3 Å². The molecule has 0 aromatic heterocycles. The molecule has 0 aromatic carbocycles. The highest BCUT2D eigenvalue weighted by Crippen LogP contribution is 2.42. The molecule has 0 N–H and O–H groups in total. The lowest BCUT2D eigenvalue weighted by atomic mass is 9.94. The lowest BCUT2D eigenvalue weighted by Crippen LogP contribution is -2.34. The zero-order valence-corrected chi connectivity index (χ0v) is 8.07. The average molecular weight is 194 g/mol. The fraction of sp³-hybridized carbons (Fsp3) is 0.727. The Morgan fingerprint density at radius 3 is 2.71 bits per heavy atom. The highest BCUT2D eigenvalue weighted by atomic mass is 16.8. The molecule has 3 aliphatic rings. The molecule has 0 bridgehead atoms. The largest absolute Gasteiger partial charge is 0.339 e. The van der Waals surface area contributed by atoms with Gasteiger partial charge in [0, 0.05) is 12.8 Å². The maximum Gasteiger partial charge on any atom is 0.187 e. The monoisotopic (exact) mass is 194 g/mol. The maximum absolute atomic E-state index is 11.4. The summed E-state index contributed by atoms with van der Waals surface area (Å²) in [4.78, 5) is 11.4. The van der Waals surface area contributed by atoms with Crippen molar-refractivity contribution >= 4 is 5.78 Å². The summed E-state index contributed by atoms with van der Waals surface area (Å²) in [6.07, 6.45) is 8.40. The van der Waals surface area contributed by atoms with Gasteiger partial charge in [0.25, 0.3) is 0 Å². The fourth-order valence-corrected chi connectivity index (χ4v) is 2.61. The van der Waals surface area contributed by atoms with Crippen molar-refractivity contribution < 1.29 is 14.3 Å². The van der Waals surface area contributed by atoms with Gasteiger partial charge in [-0.1, -0.05) is 6.42 Å². The van der Waals surface area contributed by atoms with Gasteiger partial charge >= 0.3 is 0 Å². The quantitative estimate of drug-likeness (QED) is 0.587. The summed E-state index contributed by atoms with van der Waals surface area (Å²) in [5, 5.41) is 0. The predicted molar refractivity (Wildman–Crippen MR) is 49.7 cm³/mol. The Hall–Kier alpha value is -0.670. The molecule has 2 aliphatic carbocycles. The molecule has 0 amide bonds. The third-order valence-electron chi connectivity index (χ3n) is 3.34. The second-order valence-corrected chi connectivity index (χ2v) is 4.35. The van der Waals surface area contributed by atoms with Crippen molar-refractivity contribution in [2.45, 2.75) is 50.1 Å². The Morgan fingerprint density at radius 1 is 1.21 bits per heavy atom. The second kappa shape index (κ2) is 2.91. The molecule has 3 nitrogen and oxygen atoms in total. The molecule has 1 spiro atoms. The highest BCUT2D eigenvalue weighted by molar-refractivity contribution is 5.97. The second-order valence-electron chi connectivity index (χ2n) is 4.35. The molecule has 76 valence electrons. The van der Waals surface area contributed by atoms with Crippen LogP contribution < -0.4 is 0 Å². The zero-order valence-electron chi connectivity index (χ0n) is 8.07. The number of rotatable bonds is 0. The normalized spacial score (nSPS) is 39.3. The van der Waals surface area contributed by atoms with Crippen molar-refractivity contribution in [1.29, 1.82) is 0 Å². The summed E-state index contributed by atoms with van der Waals surface area (Å²) in [6.45, 7) is 0. The smallest absolute Gasteiger partial charge is 0.187 e. The Morgan fingerprint density at radius 2 is 2.00 bits per heavy atom. The van der Waals surface area contributed by atoms with E-state index >= 15 is 0 Å². The first-order chi connectivity index (χ1) is 6.79. The molecule has 1 saturated heterocycles. The van der Waals surface area contributed by atoms with E-state index in [0.29, 0.717) is 0 Å². The minimum Gasteiger partial charge on any atom is -0.339 e. The first-order valence-corrected chi connectivity index (χ1v) is 5.37. The molecule has 0 unspecified atom stereocenters. The summed E-state index contributed by atoms with van der Waals surface area (Å²) in [5.74, 6) is -0.356. The van der Waals surface area contributed by atoms with Crippen LogP contribution in [0.25, 0.3) is 0 Å². The van der Waals surface area contributed by atoms with Gasteiger partial charge in [0.05, 0.1) is 0 Å². The standard InChI is InChI=1S/C11H14O3/c12-8-4-5-9-10(8)14-11(13-9)6-2-1-3-7-11/h4-5,9-10H,1-3,6-7H2/t9-,10+/m0/s1. The number of hydrogen-bond acceptors (Lipinski definition) is 3. The molecule has 0 radical (unpaired) electrons. The highest BCUT2D eigenvalue weighted by Gasteiger charge is 2.51. The molecule has 2 fully saturated rings.